The van der Waals surface area contributed by atoms with Crippen LogP contribution < -0.4 is 70.8 Å². The first-order valence-corrected chi connectivity index (χ1v) is 47.7. The molecule has 3 fully saturated rings. The number of fused-ring (bicyclic) bond motifs is 4. The van der Waals surface area contributed by atoms with E-state index in [4.69, 9.17) is 28.3 Å². The summed E-state index contributed by atoms with van der Waals surface area (Å²) in [4.78, 5) is 283. The van der Waals surface area contributed by atoms with Crippen LogP contribution >= 0.6 is 11.8 Å². The average molecular weight is 1940 g/mol. The largest absolute Gasteiger partial charge is 0.394 e. The molecule has 43 nitrogen and oxygen atoms in total. The van der Waals surface area contributed by atoms with Gasteiger partial charge < -0.3 is 120 Å². The third-order valence-electron chi connectivity index (χ3n) is 25.2. The molecule has 3 aromatic heterocycles. The highest BCUT2D eigenvalue weighted by Gasteiger charge is 2.47. The number of carbonyl (C=O) groups is 18. The van der Waals surface area contributed by atoms with Gasteiger partial charge in [-0.25, -0.2) is 4.98 Å². The molecule has 0 unspecified atom stereocenters. The second-order valence-corrected chi connectivity index (χ2v) is 37.0. The lowest BCUT2D eigenvalue weighted by molar-refractivity contribution is -0.150. The number of benzene rings is 3. The monoisotopic (exact) mass is 1930 g/mol. The molecule has 0 aliphatic carbocycles. The lowest BCUT2D eigenvalue weighted by Gasteiger charge is -2.36. The molecule has 6 aromatic rings. The third-order valence-corrected chi connectivity index (χ3v) is 26.3. The minimum atomic E-state index is -1.79. The molecule has 0 spiro atoms. The number of aliphatic hydroxyl groups excluding tert-OH is 2. The minimum absolute atomic E-state index is 0.0127. The predicted molar refractivity (Wildman–Crippen MR) is 509 cm³/mol. The molecule has 16 amide bonds. The summed E-state index contributed by atoms with van der Waals surface area (Å²) in [6, 6.07) is 1.54. The number of carbonyl (C=O) groups excluding carboxylic acids is 18. The quantitative estimate of drug-likeness (QED) is 0.0161. The molecule has 0 radical (unpaired) electrons. The lowest BCUT2D eigenvalue weighted by Crippen LogP contribution is -2.60. The van der Waals surface area contributed by atoms with Gasteiger partial charge in [-0.05, 0) is 112 Å². The zero-order chi connectivity index (χ0) is 101. The number of nitrogens with one attached hydrogen (secondary N) is 13. The number of thioether (sulfide) groups is 1. The van der Waals surface area contributed by atoms with E-state index in [1.54, 1.807) is 74.8 Å². The number of Topliss-reactive ketones (excluding diaryl/α,β-unsaturated/α-hetero) is 2. The molecule has 3 saturated heterocycles. The standard InChI is InChI=1S/C94H131N23O20S/c1-9-11-24-72-87(131)107-65(23-17-31-101-94(98)99)85(129)112-71(84(128)104-45-79(96)123)48-138-49-80(124)106-68(34-53-27-29-54(30-28-53)81(97)125)90(134)113(6)52(5)82(126)109-69(41-78(95)122)91(135)116-32-18-26-73(116)88(132)108-66(39-59-44-100-50-105-59)86(130)110-67(33-51(3)4)92(136)117-46-60(119)40-75(117)77(121)37-55(35-57-42-102-63-21-15-13-19-61(57)63)83(127)111-70(47-118)76(120)38-56(36-58-43-103-64-22-16-14-20-62(58)64)89(133)115(8)74(25-12-10-2)93(137)114(72)7/h13-16,19-22,27-30,42-44,50-52,55-56,60,65-75,102-103,118-119H,9-12,17-18,23-26,31-41,45-49H2,1-8H3,(H2,95,122)(H2,96,123)(H2,97,125)(H,100,105)(H,104,128)(H,106,124)(H,107,131)(H,108,132)(H,109,126)(H,110,130)(H,111,127)(H,112,129)(H4,98,99,101)/t52-,55+,56+,60+,65-,66-,67-,68-,69-,70-,71-,72-,73-,74-,75-/m0/s1. The van der Waals surface area contributed by atoms with Crippen molar-refractivity contribution in [1.29, 1.82) is 5.41 Å². The topological polar surface area (TPSA) is 660 Å². The smallest absolute Gasteiger partial charge is 0.248 e. The van der Waals surface area contributed by atoms with Gasteiger partial charge in [0.15, 0.2) is 17.5 Å². The number of aliphatic hydroxyl groups is 2. The number of nitrogens with two attached hydrogens (primary N) is 4. The van der Waals surface area contributed by atoms with Gasteiger partial charge in [0.25, 0.3) is 0 Å². The van der Waals surface area contributed by atoms with E-state index in [0.717, 1.165) is 26.5 Å². The summed E-state index contributed by atoms with van der Waals surface area (Å²) in [6.07, 6.45) is 2.86. The van der Waals surface area contributed by atoms with Crippen molar-refractivity contribution in [3.8, 4) is 0 Å². The number of imidazole rings is 1. The van der Waals surface area contributed by atoms with Crippen molar-refractivity contribution in [2.75, 3.05) is 65.4 Å². The normalized spacial score (nSPS) is 24.6. The Bertz CT molecular complexity index is 5360. The molecule has 3 aliphatic rings. The molecule has 6 heterocycles. The molecule has 3 aromatic carbocycles. The van der Waals surface area contributed by atoms with Gasteiger partial charge >= 0.3 is 0 Å². The summed E-state index contributed by atoms with van der Waals surface area (Å²) in [5, 5.41) is 55.8. The molecule has 23 N–H and O–H groups in total. The minimum Gasteiger partial charge on any atom is -0.394 e. The Morgan fingerprint density at radius 2 is 1.15 bits per heavy atom. The van der Waals surface area contributed by atoms with Gasteiger partial charge in [0.2, 0.25) is 94.5 Å². The van der Waals surface area contributed by atoms with E-state index >= 15 is 43.2 Å². The van der Waals surface area contributed by atoms with Crippen LogP contribution in [0.4, 0.5) is 0 Å². The molecule has 15 atom stereocenters. The highest BCUT2D eigenvalue weighted by molar-refractivity contribution is 8.00. The predicted octanol–water partition coefficient (Wildman–Crippen LogP) is -1.35. The van der Waals surface area contributed by atoms with Gasteiger partial charge in [0.1, 0.15) is 66.5 Å². The molecule has 748 valence electrons. The Balaban J connectivity index is 1.11. The van der Waals surface area contributed by atoms with Crippen LogP contribution in [0, 0.1) is 23.2 Å². The summed E-state index contributed by atoms with van der Waals surface area (Å²) < 4.78 is 0. The second-order valence-electron chi connectivity index (χ2n) is 36.0. The van der Waals surface area contributed by atoms with E-state index < -0.39 is 253 Å². The maximum Gasteiger partial charge on any atom is 0.248 e. The maximum absolute atomic E-state index is 15.8. The Hall–Kier alpha value is -13.7. The van der Waals surface area contributed by atoms with Crippen LogP contribution in [0.2, 0.25) is 0 Å². The van der Waals surface area contributed by atoms with Crippen molar-refractivity contribution >= 4 is 146 Å². The van der Waals surface area contributed by atoms with Crippen molar-refractivity contribution < 1.29 is 96.5 Å². The van der Waals surface area contributed by atoms with E-state index in [1.807, 2.05) is 13.8 Å². The van der Waals surface area contributed by atoms with Crippen molar-refractivity contribution in [3.63, 3.8) is 0 Å². The first-order chi connectivity index (χ1) is 65.7. The van der Waals surface area contributed by atoms with Gasteiger partial charge in [-0.1, -0.05) is 102 Å². The second kappa shape index (κ2) is 51.5. The molecular weight excluding hydrogens is 1800 g/mol. The average Bonchev–Trinajstić information content (AvgIpc) is 1.59. The first-order valence-electron chi connectivity index (χ1n) is 46.5. The van der Waals surface area contributed by atoms with Gasteiger partial charge in [-0.3, -0.25) is 91.7 Å². The number of rotatable bonds is 27. The number of aromatic nitrogens is 4. The van der Waals surface area contributed by atoms with Crippen molar-refractivity contribution in [2.45, 2.75) is 235 Å². The number of ketones is 2. The maximum atomic E-state index is 15.8. The van der Waals surface area contributed by atoms with Gasteiger partial charge in [-0.2, -0.15) is 0 Å². The highest BCUT2D eigenvalue weighted by Crippen LogP contribution is 2.31. The van der Waals surface area contributed by atoms with E-state index in [2.05, 4.69) is 67.8 Å². The van der Waals surface area contributed by atoms with Crippen LogP contribution in [0.3, 0.4) is 0 Å². The number of nitrogens with zero attached hydrogens (tertiary/aromatic N) is 6. The molecule has 44 heteroatoms. The fraction of sp³-hybridized carbons (Fsp3) is 0.532. The summed E-state index contributed by atoms with van der Waals surface area (Å²) in [5.74, 6) is -20.6. The number of guanidine groups is 1. The van der Waals surface area contributed by atoms with Crippen molar-refractivity contribution in [1.82, 2.24) is 92.3 Å². The number of hydrogen-bond acceptors (Lipinski definition) is 23. The number of H-pyrrole nitrogens is 3. The Kier molecular flexibility index (Phi) is 40.3. The zero-order valence-corrected chi connectivity index (χ0v) is 79.8. The van der Waals surface area contributed by atoms with Crippen LogP contribution in [0.1, 0.15) is 164 Å². The number of hydrogen-bond donors (Lipinski definition) is 19. The van der Waals surface area contributed by atoms with Crippen LogP contribution in [-0.2, 0) is 107 Å². The van der Waals surface area contributed by atoms with E-state index in [0.29, 0.717) is 69.9 Å². The third kappa shape index (κ3) is 29.9. The summed E-state index contributed by atoms with van der Waals surface area (Å²) >= 11 is 0.751. The Labute approximate surface area is 802 Å². The van der Waals surface area contributed by atoms with E-state index in [1.165, 1.54) is 74.7 Å². The number of amides is 16. The zero-order valence-electron chi connectivity index (χ0n) is 79.0. The van der Waals surface area contributed by atoms with Crippen molar-refractivity contribution in [2.24, 2.45) is 40.7 Å². The lowest BCUT2D eigenvalue weighted by atomic mass is 9.88. The van der Waals surface area contributed by atoms with Crippen LogP contribution in [0.5, 0.6) is 0 Å². The summed E-state index contributed by atoms with van der Waals surface area (Å²) in [6.45, 7) is 6.16. The molecule has 0 saturated carbocycles. The number of likely N-dealkylation sites (N-methyl/N-ethyl adjacent to an activating group) is 3. The van der Waals surface area contributed by atoms with Gasteiger partial charge in [0, 0.05) is 142 Å². The molecule has 9 rings (SSSR count). The van der Waals surface area contributed by atoms with Gasteiger partial charge in [-0.15, -0.1) is 11.8 Å². The van der Waals surface area contributed by atoms with Crippen LogP contribution in [0.25, 0.3) is 21.8 Å². The molecule has 0 bridgehead atoms. The first kappa shape index (κ1) is 108. The molecule has 3 aliphatic heterocycles. The summed E-state index contributed by atoms with van der Waals surface area (Å²) in [5.41, 5.74) is 25.6. The fourth-order valence-corrected chi connectivity index (χ4v) is 18.4. The Morgan fingerprint density at radius 3 is 1.75 bits per heavy atom. The van der Waals surface area contributed by atoms with E-state index in [9.17, 15) is 53.4 Å². The number of para-hydroxylation sites is 2. The van der Waals surface area contributed by atoms with Gasteiger partial charge in [0.05, 0.1) is 43.8 Å². The van der Waals surface area contributed by atoms with Crippen LogP contribution in [0.15, 0.2) is 97.7 Å². The SMILES string of the molecule is CCCC[C@H]1C(=O)N(C)[C@@H](CCCC)C(=O)N[C@@H](CCCNC(=N)N)C(=O)N[C@H](C(=O)NCC(N)=O)CSCC(=O)N[C@@H](Cc2ccc(C(N)=O)cc2)C(=O)N(C)[C@@H](C)C(=O)N[C@@H](CC(N)=O)C(=O)N2CCC[C@H]2C(=O)N[C@@H](Cc2cnc[nH]2)C(=O)N[C@@H](CC(C)C)C(=O)N2C[C@H](O)C[C@H]2C(=O)C[C@@H](Cc2c[nH]c3ccccc23)C(=O)N[C@@H](CO)C(=O)C[C@@H](Cc2c[nH]c3ccccc23)C(=O)N1C. The van der Waals surface area contributed by atoms with Crippen LogP contribution in [-0.4, -0.2) is 311 Å². The van der Waals surface area contributed by atoms with E-state index in [-0.39, 0.29) is 102 Å². The highest BCUT2D eigenvalue weighted by atomic mass is 32.2. The number of unbranched alkanes of at least 4 members (excludes halogenated alkanes) is 2. The fourth-order valence-electron chi connectivity index (χ4n) is 17.5. The number of aromatic amines is 3. The summed E-state index contributed by atoms with van der Waals surface area (Å²) in [7, 11) is 3.95. The molecular formula is C94H131N23O20S. The number of primary amides is 3. The Morgan fingerprint density at radius 1 is 0.565 bits per heavy atom. The molecule has 138 heavy (non-hydrogen) atoms. The van der Waals surface area contributed by atoms with Crippen molar-refractivity contribution in [3.05, 3.63) is 126 Å².